The summed E-state index contributed by atoms with van der Waals surface area (Å²) < 4.78 is 0. The Hall–Kier alpha value is -3.04. The third kappa shape index (κ3) is 3.14. The number of hydrogen-bond acceptors (Lipinski definition) is 5. The van der Waals surface area contributed by atoms with Gasteiger partial charge in [-0.05, 0) is 30.5 Å². The van der Waals surface area contributed by atoms with Crippen molar-refractivity contribution in [2.75, 3.05) is 5.32 Å². The van der Waals surface area contributed by atoms with Gasteiger partial charge in [-0.1, -0.05) is 47.7 Å². The van der Waals surface area contributed by atoms with Gasteiger partial charge >= 0.3 is 0 Å². The second kappa shape index (κ2) is 6.46. The molecule has 0 radical (unpaired) electrons. The number of nitrogens with zero attached hydrogens (tertiary/aromatic N) is 3. The van der Waals surface area contributed by atoms with E-state index in [1.165, 1.54) is 11.3 Å². The van der Waals surface area contributed by atoms with Gasteiger partial charge in [0, 0.05) is 17.0 Å². The topological polar surface area (TPSA) is 78.7 Å². The van der Waals surface area contributed by atoms with E-state index >= 15 is 0 Å². The number of amides is 1. The summed E-state index contributed by atoms with van der Waals surface area (Å²) in [5.74, 6) is 0.264. The summed E-state index contributed by atoms with van der Waals surface area (Å²) in [6, 6.07) is 16.7. The minimum Gasteiger partial charge on any atom is -0.296 e. The first kappa shape index (κ1) is 15.5. The molecule has 0 unspecified atom stereocenters. The zero-order chi connectivity index (χ0) is 17.2. The van der Waals surface area contributed by atoms with Crippen molar-refractivity contribution in [1.29, 1.82) is 5.26 Å². The number of benzene rings is 2. The summed E-state index contributed by atoms with van der Waals surface area (Å²) in [5.41, 5.74) is 2.51. The minimum atomic E-state index is -0.248. The average molecular weight is 346 g/mol. The molecule has 0 aliphatic heterocycles. The molecule has 4 rings (SSSR count). The fourth-order valence-electron chi connectivity index (χ4n) is 2.68. The van der Waals surface area contributed by atoms with Gasteiger partial charge in [0.05, 0.1) is 11.6 Å². The third-order valence-corrected chi connectivity index (χ3v) is 5.10. The lowest BCUT2D eigenvalue weighted by Crippen LogP contribution is -2.13. The molecule has 5 nitrogen and oxygen atoms in total. The highest BCUT2D eigenvalue weighted by atomic mass is 32.1. The maximum Gasteiger partial charge on any atom is 0.258 e. The number of aromatic nitrogens is 2. The van der Waals surface area contributed by atoms with Gasteiger partial charge in [-0.3, -0.25) is 10.1 Å². The Morgan fingerprint density at radius 1 is 1.08 bits per heavy atom. The van der Waals surface area contributed by atoms with Gasteiger partial charge in [-0.2, -0.15) is 5.26 Å². The fourth-order valence-corrected chi connectivity index (χ4v) is 3.58. The van der Waals surface area contributed by atoms with Crippen molar-refractivity contribution in [2.45, 2.75) is 18.8 Å². The molecule has 1 saturated carbocycles. The molecule has 1 aliphatic rings. The zero-order valence-electron chi connectivity index (χ0n) is 13.3. The molecule has 1 amide bonds. The smallest absolute Gasteiger partial charge is 0.258 e. The minimum absolute atomic E-state index is 0.248. The van der Waals surface area contributed by atoms with E-state index in [1.54, 1.807) is 12.1 Å². The van der Waals surface area contributed by atoms with Crippen LogP contribution < -0.4 is 5.32 Å². The van der Waals surface area contributed by atoms with Gasteiger partial charge < -0.3 is 0 Å². The van der Waals surface area contributed by atoms with Crippen molar-refractivity contribution in [1.82, 2.24) is 10.2 Å². The largest absolute Gasteiger partial charge is 0.296 e. The SMILES string of the molecule is N#Cc1ccccc1-c1ccccc1C(=O)Nc1nnc(C2CC2)s1. The Bertz CT molecular complexity index is 985. The Labute approximate surface area is 149 Å². The molecule has 1 N–H and O–H groups in total. The highest BCUT2D eigenvalue weighted by molar-refractivity contribution is 7.15. The number of rotatable bonds is 4. The Balaban J connectivity index is 1.65. The molecule has 6 heteroatoms. The molecule has 25 heavy (non-hydrogen) atoms. The van der Waals surface area contributed by atoms with Crippen LogP contribution in [0.25, 0.3) is 11.1 Å². The summed E-state index contributed by atoms with van der Waals surface area (Å²) in [4.78, 5) is 12.7. The molecular weight excluding hydrogens is 332 g/mol. The molecule has 0 saturated heterocycles. The molecule has 1 fully saturated rings. The highest BCUT2D eigenvalue weighted by Gasteiger charge is 2.28. The number of carbonyl (C=O) groups is 1. The van der Waals surface area contributed by atoms with Gasteiger partial charge in [-0.15, -0.1) is 10.2 Å². The first-order chi connectivity index (χ1) is 12.3. The molecular formula is C19H14N4OS. The molecule has 2 aromatic carbocycles. The first-order valence-corrected chi connectivity index (χ1v) is 8.81. The van der Waals surface area contributed by atoms with Crippen LogP contribution in [0.4, 0.5) is 5.13 Å². The van der Waals surface area contributed by atoms with Crippen molar-refractivity contribution in [3.8, 4) is 17.2 Å². The molecule has 0 spiro atoms. The highest BCUT2D eigenvalue weighted by Crippen LogP contribution is 2.42. The monoisotopic (exact) mass is 346 g/mol. The fraction of sp³-hybridized carbons (Fsp3) is 0.158. The van der Waals surface area contributed by atoms with Crippen LogP contribution in [-0.4, -0.2) is 16.1 Å². The van der Waals surface area contributed by atoms with Crippen molar-refractivity contribution in [2.24, 2.45) is 0 Å². The van der Waals surface area contributed by atoms with E-state index < -0.39 is 0 Å². The van der Waals surface area contributed by atoms with Gasteiger partial charge in [0.25, 0.3) is 5.91 Å². The van der Waals surface area contributed by atoms with Crippen molar-refractivity contribution in [3.05, 3.63) is 64.7 Å². The summed E-state index contributed by atoms with van der Waals surface area (Å²) in [6.07, 6.45) is 2.30. The first-order valence-electron chi connectivity index (χ1n) is 7.99. The molecule has 122 valence electrons. The van der Waals surface area contributed by atoms with Crippen LogP contribution in [0.1, 0.15) is 39.7 Å². The number of nitriles is 1. The maximum absolute atomic E-state index is 12.7. The van der Waals surface area contributed by atoms with Crippen LogP contribution in [0.2, 0.25) is 0 Å². The summed E-state index contributed by atoms with van der Waals surface area (Å²) in [6.45, 7) is 0. The normalized spacial score (nSPS) is 13.2. The van der Waals surface area contributed by atoms with Crippen molar-refractivity contribution in [3.63, 3.8) is 0 Å². The van der Waals surface area contributed by atoms with E-state index in [9.17, 15) is 10.1 Å². The number of nitrogens with one attached hydrogen (secondary N) is 1. The van der Waals surface area contributed by atoms with Crippen molar-refractivity contribution >= 4 is 22.4 Å². The van der Waals surface area contributed by atoms with Crippen LogP contribution in [0, 0.1) is 11.3 Å². The van der Waals surface area contributed by atoms with E-state index in [2.05, 4.69) is 21.6 Å². The predicted molar refractivity (Wildman–Crippen MR) is 96.4 cm³/mol. The quantitative estimate of drug-likeness (QED) is 0.767. The van der Waals surface area contributed by atoms with E-state index in [4.69, 9.17) is 0 Å². The summed E-state index contributed by atoms with van der Waals surface area (Å²) in [7, 11) is 0. The van der Waals surface area contributed by atoms with Crippen LogP contribution in [0.3, 0.4) is 0 Å². The second-order valence-corrected chi connectivity index (χ2v) is 6.89. The Morgan fingerprint density at radius 2 is 1.80 bits per heavy atom. The third-order valence-electron chi connectivity index (χ3n) is 4.10. The van der Waals surface area contributed by atoms with Gasteiger partial charge in [0.15, 0.2) is 0 Å². The molecule has 0 atom stereocenters. The molecule has 3 aromatic rings. The molecule has 1 aromatic heterocycles. The molecule has 0 bridgehead atoms. The van der Waals surface area contributed by atoms with Crippen molar-refractivity contribution < 1.29 is 4.79 Å². The lowest BCUT2D eigenvalue weighted by Gasteiger charge is -2.10. The molecule has 1 heterocycles. The van der Waals surface area contributed by atoms with E-state index in [-0.39, 0.29) is 5.91 Å². The zero-order valence-corrected chi connectivity index (χ0v) is 14.1. The lowest BCUT2D eigenvalue weighted by atomic mass is 9.95. The van der Waals surface area contributed by atoms with E-state index in [0.29, 0.717) is 22.2 Å². The van der Waals surface area contributed by atoms with Crippen LogP contribution in [0.5, 0.6) is 0 Å². The van der Waals surface area contributed by atoms with E-state index in [1.807, 2.05) is 36.4 Å². The lowest BCUT2D eigenvalue weighted by molar-refractivity contribution is 0.102. The van der Waals surface area contributed by atoms with Gasteiger partial charge in [-0.25, -0.2) is 0 Å². The number of hydrogen-bond donors (Lipinski definition) is 1. The van der Waals surface area contributed by atoms with Crippen LogP contribution in [-0.2, 0) is 0 Å². The number of carbonyl (C=O) groups excluding carboxylic acids is 1. The second-order valence-electron chi connectivity index (χ2n) is 5.88. The summed E-state index contributed by atoms with van der Waals surface area (Å²) >= 11 is 1.43. The standard InChI is InChI=1S/C19H14N4OS/c20-11-13-5-1-2-6-14(13)15-7-3-4-8-16(15)17(24)21-19-23-22-18(25-19)12-9-10-12/h1-8,12H,9-10H2,(H,21,23,24). The predicted octanol–water partition coefficient (Wildman–Crippen LogP) is 4.21. The van der Waals surface area contributed by atoms with Crippen LogP contribution >= 0.6 is 11.3 Å². The van der Waals surface area contributed by atoms with Crippen LogP contribution in [0.15, 0.2) is 48.5 Å². The number of anilines is 1. The average Bonchev–Trinajstić information content (AvgIpc) is 3.41. The Morgan fingerprint density at radius 3 is 2.56 bits per heavy atom. The van der Waals surface area contributed by atoms with E-state index in [0.717, 1.165) is 29.0 Å². The van der Waals surface area contributed by atoms with Gasteiger partial charge in [0.2, 0.25) is 5.13 Å². The maximum atomic E-state index is 12.7. The Kier molecular flexibility index (Phi) is 4.00. The van der Waals surface area contributed by atoms with Gasteiger partial charge in [0.1, 0.15) is 5.01 Å². The summed E-state index contributed by atoms with van der Waals surface area (Å²) in [5, 5.41) is 21.9. The molecule has 1 aliphatic carbocycles.